The number of anilines is 1. The fourth-order valence-corrected chi connectivity index (χ4v) is 5.47. The van der Waals surface area contributed by atoms with E-state index in [0.717, 1.165) is 28.5 Å². The van der Waals surface area contributed by atoms with Gasteiger partial charge in [-0.3, -0.25) is 0 Å². The number of hydrogen-bond donors (Lipinski definition) is 0. The molecule has 0 saturated carbocycles. The van der Waals surface area contributed by atoms with Crippen LogP contribution in [0.4, 0.5) is 15.1 Å². The predicted molar refractivity (Wildman–Crippen MR) is 152 cm³/mol. The lowest BCUT2D eigenvalue weighted by molar-refractivity contribution is 0.190. The second-order valence-corrected chi connectivity index (χ2v) is 11.5. The first-order valence-electron chi connectivity index (χ1n) is 12.4. The van der Waals surface area contributed by atoms with E-state index in [1.807, 2.05) is 20.8 Å². The molecule has 3 rings (SSSR count). The Morgan fingerprint density at radius 2 is 1.68 bits per heavy atom. The molecule has 0 radical (unpaired) electrons. The average molecular weight is 541 g/mol. The third kappa shape index (κ3) is 7.20. The quantitative estimate of drug-likeness (QED) is 0.221. The van der Waals surface area contributed by atoms with Crippen molar-refractivity contribution in [2.75, 3.05) is 45.4 Å². The second kappa shape index (κ2) is 13.2. The molecule has 1 aromatic carbocycles. The van der Waals surface area contributed by atoms with E-state index in [1.165, 1.54) is 28.4 Å². The smallest absolute Gasteiger partial charge is 0.188 e. The minimum absolute atomic E-state index is 0.251. The van der Waals surface area contributed by atoms with Crippen molar-refractivity contribution in [3.8, 4) is 17.3 Å². The molecule has 8 nitrogen and oxygen atoms in total. The van der Waals surface area contributed by atoms with E-state index in [9.17, 15) is 5.26 Å². The maximum atomic E-state index is 9.79. The fraction of sp³-hybridized carbons (Fsp3) is 0.519. The number of nitrogens with zero attached hydrogens (tertiary/aromatic N) is 6. The molecule has 2 aromatic heterocycles. The fourth-order valence-electron chi connectivity index (χ4n) is 3.66. The summed E-state index contributed by atoms with van der Waals surface area (Å²) < 4.78 is 15.1. The topological polar surface area (TPSA) is 96.0 Å². The summed E-state index contributed by atoms with van der Waals surface area (Å²) in [7, 11) is 3.38. The van der Waals surface area contributed by atoms with Gasteiger partial charge in [0.1, 0.15) is 17.3 Å². The molecule has 0 amide bonds. The van der Waals surface area contributed by atoms with Crippen LogP contribution in [-0.4, -0.2) is 49.9 Å². The van der Waals surface area contributed by atoms with Crippen LogP contribution in [0.3, 0.4) is 0 Å². The molecule has 37 heavy (non-hydrogen) atoms. The van der Waals surface area contributed by atoms with Crippen LogP contribution >= 0.6 is 22.9 Å². The van der Waals surface area contributed by atoms with Crippen LogP contribution in [0.2, 0.25) is 0 Å². The van der Waals surface area contributed by atoms with Crippen LogP contribution < -0.4 is 4.90 Å². The Morgan fingerprint density at radius 3 is 2.22 bits per heavy atom. The standard InChI is InChI=1S/C27H36N6O2S2/c1-8-18(2)19-9-11-20(12-10-19)22-25(36-26(29-22)33(13-15-34-6)14-16-35-7)31-30-24-21(17-28)23(32-37-24)27(3,4)5/h9-12,18H,8,13-16H2,1-7H3. The van der Waals surface area contributed by atoms with Gasteiger partial charge < -0.3 is 14.4 Å². The van der Waals surface area contributed by atoms with Crippen molar-refractivity contribution in [1.82, 2.24) is 9.36 Å². The van der Waals surface area contributed by atoms with E-state index < -0.39 is 0 Å². The van der Waals surface area contributed by atoms with E-state index in [4.69, 9.17) is 14.5 Å². The lowest BCUT2D eigenvalue weighted by Crippen LogP contribution is -2.30. The molecule has 10 heteroatoms. The highest BCUT2D eigenvalue weighted by molar-refractivity contribution is 7.19. The van der Waals surface area contributed by atoms with E-state index in [1.54, 1.807) is 14.2 Å². The molecule has 0 fully saturated rings. The Labute approximate surface area is 228 Å². The number of aromatic nitrogens is 2. The van der Waals surface area contributed by atoms with Crippen LogP contribution in [0, 0.1) is 11.3 Å². The zero-order chi connectivity index (χ0) is 27.0. The van der Waals surface area contributed by atoms with Gasteiger partial charge in [-0.2, -0.15) is 9.64 Å². The highest BCUT2D eigenvalue weighted by atomic mass is 32.1. The number of methoxy groups -OCH3 is 2. The lowest BCUT2D eigenvalue weighted by atomic mass is 9.90. The first-order valence-corrected chi connectivity index (χ1v) is 14.0. The molecule has 3 aromatic rings. The largest absolute Gasteiger partial charge is 0.383 e. The first-order chi connectivity index (χ1) is 17.7. The lowest BCUT2D eigenvalue weighted by Gasteiger charge is -2.20. The Balaban J connectivity index is 2.05. The van der Waals surface area contributed by atoms with Gasteiger partial charge >= 0.3 is 0 Å². The van der Waals surface area contributed by atoms with E-state index in [2.05, 4.69) is 63.7 Å². The van der Waals surface area contributed by atoms with Gasteiger partial charge in [0.15, 0.2) is 15.1 Å². The van der Waals surface area contributed by atoms with Crippen LogP contribution in [-0.2, 0) is 14.9 Å². The summed E-state index contributed by atoms with van der Waals surface area (Å²) in [6.07, 6.45) is 1.08. The number of ether oxygens (including phenoxy) is 2. The van der Waals surface area contributed by atoms with Gasteiger partial charge in [-0.05, 0) is 29.4 Å². The molecule has 0 spiro atoms. The molecule has 0 aliphatic carbocycles. The maximum absolute atomic E-state index is 9.79. The van der Waals surface area contributed by atoms with Crippen molar-refractivity contribution >= 4 is 38.0 Å². The van der Waals surface area contributed by atoms with Gasteiger partial charge in [0.2, 0.25) is 0 Å². The van der Waals surface area contributed by atoms with Crippen molar-refractivity contribution in [3.05, 3.63) is 41.1 Å². The minimum atomic E-state index is -0.251. The second-order valence-electron chi connectivity index (χ2n) is 9.83. The zero-order valence-corrected chi connectivity index (χ0v) is 24.4. The van der Waals surface area contributed by atoms with Crippen molar-refractivity contribution < 1.29 is 9.47 Å². The molecule has 0 saturated heterocycles. The normalized spacial score (nSPS) is 12.7. The number of benzene rings is 1. The molecular formula is C27H36N6O2S2. The van der Waals surface area contributed by atoms with E-state index >= 15 is 0 Å². The maximum Gasteiger partial charge on any atom is 0.188 e. The van der Waals surface area contributed by atoms with Crippen LogP contribution in [0.15, 0.2) is 34.5 Å². The summed E-state index contributed by atoms with van der Waals surface area (Å²) >= 11 is 2.67. The highest BCUT2D eigenvalue weighted by Crippen LogP contribution is 2.42. The molecule has 2 heterocycles. The summed E-state index contributed by atoms with van der Waals surface area (Å²) in [6, 6.07) is 10.8. The molecule has 198 valence electrons. The number of azo groups is 1. The third-order valence-electron chi connectivity index (χ3n) is 6.09. The molecule has 0 bridgehead atoms. The van der Waals surface area contributed by atoms with Gasteiger partial charge in [-0.25, -0.2) is 4.98 Å². The molecular weight excluding hydrogens is 504 g/mol. The van der Waals surface area contributed by atoms with Crippen LogP contribution in [0.1, 0.15) is 63.8 Å². The van der Waals surface area contributed by atoms with Gasteiger partial charge in [-0.1, -0.05) is 70.2 Å². The molecule has 0 aliphatic heterocycles. The molecule has 0 aliphatic rings. The Morgan fingerprint density at radius 1 is 1.05 bits per heavy atom. The Hall–Kier alpha value is -2.71. The summed E-state index contributed by atoms with van der Waals surface area (Å²) in [4.78, 5) is 7.12. The summed E-state index contributed by atoms with van der Waals surface area (Å²) in [5.41, 5.74) is 4.00. The summed E-state index contributed by atoms with van der Waals surface area (Å²) in [5, 5.41) is 20.9. The monoisotopic (exact) mass is 540 g/mol. The number of nitriles is 1. The van der Waals surface area contributed by atoms with Crippen LogP contribution in [0.25, 0.3) is 11.3 Å². The third-order valence-corrected chi connectivity index (χ3v) is 7.83. The van der Waals surface area contributed by atoms with Crippen LogP contribution in [0.5, 0.6) is 0 Å². The number of rotatable bonds is 12. The Kier molecular flexibility index (Phi) is 10.3. The van der Waals surface area contributed by atoms with Gasteiger partial charge in [0.05, 0.1) is 18.9 Å². The first kappa shape index (κ1) is 28.9. The number of hydrogen-bond acceptors (Lipinski definition) is 10. The Bertz CT molecular complexity index is 1210. The molecule has 1 unspecified atom stereocenters. The number of thiazole rings is 1. The predicted octanol–water partition coefficient (Wildman–Crippen LogP) is 7.46. The average Bonchev–Trinajstić information content (AvgIpc) is 3.51. The highest BCUT2D eigenvalue weighted by Gasteiger charge is 2.25. The summed E-state index contributed by atoms with van der Waals surface area (Å²) in [5.74, 6) is 0.491. The molecule has 1 atom stereocenters. The van der Waals surface area contributed by atoms with Gasteiger partial charge in [0.25, 0.3) is 0 Å². The van der Waals surface area contributed by atoms with Gasteiger partial charge in [-0.15, -0.1) is 10.2 Å². The minimum Gasteiger partial charge on any atom is -0.383 e. The van der Waals surface area contributed by atoms with Crippen molar-refractivity contribution in [1.29, 1.82) is 5.26 Å². The van der Waals surface area contributed by atoms with Gasteiger partial charge in [0, 0.05) is 38.3 Å². The van der Waals surface area contributed by atoms with E-state index in [0.29, 0.717) is 47.8 Å². The summed E-state index contributed by atoms with van der Waals surface area (Å²) in [6.45, 7) is 13.0. The van der Waals surface area contributed by atoms with Crippen molar-refractivity contribution in [2.45, 2.75) is 52.4 Å². The SMILES string of the molecule is CCC(C)c1ccc(-c2nc(N(CCOC)CCOC)sc2N=Nc2snc(C(C)(C)C)c2C#N)cc1. The van der Waals surface area contributed by atoms with E-state index in [-0.39, 0.29) is 5.41 Å². The van der Waals surface area contributed by atoms with Crippen molar-refractivity contribution in [3.63, 3.8) is 0 Å². The van der Waals surface area contributed by atoms with Crippen molar-refractivity contribution in [2.24, 2.45) is 10.2 Å². The molecule has 0 N–H and O–H groups in total. The zero-order valence-electron chi connectivity index (χ0n) is 22.7.